The van der Waals surface area contributed by atoms with Gasteiger partial charge in [-0.15, -0.1) is 0 Å². The molecule has 0 bridgehead atoms. The molecule has 5 nitrogen and oxygen atoms in total. The summed E-state index contributed by atoms with van der Waals surface area (Å²) < 4.78 is 5.28. The maximum Gasteiger partial charge on any atom is 0.273 e. The van der Waals surface area contributed by atoms with Crippen molar-refractivity contribution >= 4 is 11.8 Å². The maximum atomic E-state index is 12.0. The Hall–Kier alpha value is -2.56. The van der Waals surface area contributed by atoms with E-state index in [0.29, 0.717) is 22.6 Å². The van der Waals surface area contributed by atoms with Crippen molar-refractivity contribution in [3.05, 3.63) is 58.0 Å². The number of furan rings is 1. The van der Waals surface area contributed by atoms with Crippen LogP contribution in [-0.4, -0.2) is 11.8 Å². The maximum absolute atomic E-state index is 12.0. The molecule has 110 valence electrons. The van der Waals surface area contributed by atoms with Crippen LogP contribution in [0.4, 0.5) is 0 Å². The largest absolute Gasteiger partial charge is 0.466 e. The summed E-state index contributed by atoms with van der Waals surface area (Å²) in [6, 6.07) is 7.14. The van der Waals surface area contributed by atoms with E-state index in [4.69, 9.17) is 4.42 Å². The van der Waals surface area contributed by atoms with E-state index in [1.165, 1.54) is 0 Å². The average molecular weight is 286 g/mol. The number of carbonyl (C=O) groups is 2. The Balaban J connectivity index is 2.04. The van der Waals surface area contributed by atoms with Crippen molar-refractivity contribution in [3.8, 4) is 0 Å². The molecule has 0 unspecified atom stereocenters. The highest BCUT2D eigenvalue weighted by Gasteiger charge is 2.14. The number of aryl methyl sites for hydroxylation is 4. The molecule has 0 atom stereocenters. The first kappa shape index (κ1) is 14.8. The highest BCUT2D eigenvalue weighted by molar-refractivity contribution is 5.99. The summed E-state index contributed by atoms with van der Waals surface area (Å²) in [7, 11) is 0. The molecule has 2 N–H and O–H groups in total. The molecular formula is C16H18N2O3. The SMILES string of the molecule is Cc1cc(C)cc(C(=O)NNC(=O)c2cc(C)oc2C)c1. The fourth-order valence-corrected chi connectivity index (χ4v) is 2.22. The second-order valence-corrected chi connectivity index (χ2v) is 5.11. The van der Waals surface area contributed by atoms with Crippen LogP contribution < -0.4 is 10.9 Å². The van der Waals surface area contributed by atoms with E-state index in [1.807, 2.05) is 19.9 Å². The molecule has 0 radical (unpaired) electrons. The third-order valence-corrected chi connectivity index (χ3v) is 3.06. The predicted octanol–water partition coefficient (Wildman–Crippen LogP) is 2.59. The zero-order valence-electron chi connectivity index (χ0n) is 12.5. The number of hydrogen-bond donors (Lipinski definition) is 2. The first-order chi connectivity index (χ1) is 9.86. The fourth-order valence-electron chi connectivity index (χ4n) is 2.22. The van der Waals surface area contributed by atoms with E-state index < -0.39 is 5.91 Å². The van der Waals surface area contributed by atoms with Crippen molar-refractivity contribution in [1.29, 1.82) is 0 Å². The van der Waals surface area contributed by atoms with Gasteiger partial charge in [0.05, 0.1) is 5.56 Å². The van der Waals surface area contributed by atoms with Gasteiger partial charge in [0.15, 0.2) is 0 Å². The van der Waals surface area contributed by atoms with E-state index in [-0.39, 0.29) is 5.91 Å². The average Bonchev–Trinajstić information content (AvgIpc) is 2.73. The van der Waals surface area contributed by atoms with Crippen LogP contribution in [0.3, 0.4) is 0 Å². The van der Waals surface area contributed by atoms with Gasteiger partial charge >= 0.3 is 0 Å². The summed E-state index contributed by atoms with van der Waals surface area (Å²) in [5, 5.41) is 0. The molecule has 2 amide bonds. The monoisotopic (exact) mass is 286 g/mol. The van der Waals surface area contributed by atoms with Crippen molar-refractivity contribution in [3.63, 3.8) is 0 Å². The number of rotatable bonds is 2. The van der Waals surface area contributed by atoms with Gasteiger partial charge in [0.2, 0.25) is 0 Å². The Morgan fingerprint density at radius 3 is 1.95 bits per heavy atom. The van der Waals surface area contributed by atoms with E-state index in [0.717, 1.165) is 11.1 Å². The van der Waals surface area contributed by atoms with Gasteiger partial charge in [0.1, 0.15) is 11.5 Å². The van der Waals surface area contributed by atoms with E-state index in [1.54, 1.807) is 32.0 Å². The summed E-state index contributed by atoms with van der Waals surface area (Å²) >= 11 is 0. The number of benzene rings is 1. The molecule has 1 heterocycles. The van der Waals surface area contributed by atoms with E-state index >= 15 is 0 Å². The lowest BCUT2D eigenvalue weighted by Gasteiger charge is -2.08. The lowest BCUT2D eigenvalue weighted by atomic mass is 10.1. The molecule has 2 rings (SSSR count). The number of hydrogen-bond acceptors (Lipinski definition) is 3. The molecule has 0 aliphatic rings. The Morgan fingerprint density at radius 1 is 0.857 bits per heavy atom. The third-order valence-electron chi connectivity index (χ3n) is 3.06. The molecule has 0 aliphatic heterocycles. The second kappa shape index (κ2) is 5.83. The molecule has 0 fully saturated rings. The topological polar surface area (TPSA) is 71.3 Å². The summed E-state index contributed by atoms with van der Waals surface area (Å²) in [6.45, 7) is 7.30. The van der Waals surface area contributed by atoms with Crippen LogP contribution in [0.2, 0.25) is 0 Å². The van der Waals surface area contributed by atoms with Gasteiger partial charge in [-0.3, -0.25) is 20.4 Å². The van der Waals surface area contributed by atoms with Gasteiger partial charge < -0.3 is 4.42 Å². The molecule has 1 aromatic carbocycles. The molecule has 2 aromatic rings. The Kier molecular flexibility index (Phi) is 4.12. The van der Waals surface area contributed by atoms with Gasteiger partial charge in [0, 0.05) is 5.56 Å². The van der Waals surface area contributed by atoms with Gasteiger partial charge in [-0.2, -0.15) is 0 Å². The minimum atomic E-state index is -0.401. The van der Waals surface area contributed by atoms with Crippen LogP contribution in [0.5, 0.6) is 0 Å². The fraction of sp³-hybridized carbons (Fsp3) is 0.250. The van der Waals surface area contributed by atoms with Crippen LogP contribution in [0.1, 0.15) is 43.4 Å². The molecule has 0 saturated carbocycles. The minimum Gasteiger partial charge on any atom is -0.466 e. The molecule has 0 saturated heterocycles. The lowest BCUT2D eigenvalue weighted by Crippen LogP contribution is -2.41. The van der Waals surface area contributed by atoms with Crippen molar-refractivity contribution in [2.75, 3.05) is 0 Å². The van der Waals surface area contributed by atoms with Crippen molar-refractivity contribution in [1.82, 2.24) is 10.9 Å². The van der Waals surface area contributed by atoms with Gasteiger partial charge in [-0.05, 0) is 45.9 Å². The molecule has 21 heavy (non-hydrogen) atoms. The number of hydrazine groups is 1. The van der Waals surface area contributed by atoms with Gasteiger partial charge in [-0.25, -0.2) is 0 Å². The number of amides is 2. The van der Waals surface area contributed by atoms with Crippen LogP contribution >= 0.6 is 0 Å². The summed E-state index contributed by atoms with van der Waals surface area (Å²) in [4.78, 5) is 24.0. The quantitative estimate of drug-likeness (QED) is 0.834. The van der Waals surface area contributed by atoms with Crippen molar-refractivity contribution < 1.29 is 14.0 Å². The van der Waals surface area contributed by atoms with Crippen LogP contribution in [0.25, 0.3) is 0 Å². The zero-order valence-corrected chi connectivity index (χ0v) is 12.5. The predicted molar refractivity (Wildman–Crippen MR) is 79.0 cm³/mol. The number of carbonyl (C=O) groups excluding carboxylic acids is 2. The van der Waals surface area contributed by atoms with Gasteiger partial charge in [0.25, 0.3) is 11.8 Å². The smallest absolute Gasteiger partial charge is 0.273 e. The Labute approximate surface area is 123 Å². The van der Waals surface area contributed by atoms with Crippen LogP contribution in [0, 0.1) is 27.7 Å². The summed E-state index contributed by atoms with van der Waals surface area (Å²) in [6.07, 6.45) is 0. The number of nitrogens with one attached hydrogen (secondary N) is 2. The lowest BCUT2D eigenvalue weighted by molar-refractivity contribution is 0.0845. The summed E-state index contributed by atoms with van der Waals surface area (Å²) in [5.74, 6) is 0.416. The molecule has 0 spiro atoms. The van der Waals surface area contributed by atoms with Gasteiger partial charge in [-0.1, -0.05) is 17.2 Å². The zero-order chi connectivity index (χ0) is 15.6. The van der Waals surface area contributed by atoms with Crippen LogP contribution in [0.15, 0.2) is 28.7 Å². The summed E-state index contributed by atoms with van der Waals surface area (Å²) in [5.41, 5.74) is 7.70. The minimum absolute atomic E-state index is 0.354. The normalized spacial score (nSPS) is 10.3. The molecular weight excluding hydrogens is 268 g/mol. The Bertz CT molecular complexity index is 681. The van der Waals surface area contributed by atoms with Crippen molar-refractivity contribution in [2.24, 2.45) is 0 Å². The first-order valence-electron chi connectivity index (χ1n) is 6.63. The first-order valence-corrected chi connectivity index (χ1v) is 6.63. The molecule has 5 heteroatoms. The highest BCUT2D eigenvalue weighted by Crippen LogP contribution is 2.13. The van der Waals surface area contributed by atoms with E-state index in [2.05, 4.69) is 10.9 Å². The third kappa shape index (κ3) is 3.51. The standard InChI is InChI=1S/C16H18N2O3/c1-9-5-10(2)7-13(6-9)15(19)17-18-16(20)14-8-11(3)21-12(14)4/h5-8H,1-4H3,(H,17,19)(H,18,20). The Morgan fingerprint density at radius 2 is 1.43 bits per heavy atom. The molecule has 1 aromatic heterocycles. The highest BCUT2D eigenvalue weighted by atomic mass is 16.3. The second-order valence-electron chi connectivity index (χ2n) is 5.11. The van der Waals surface area contributed by atoms with Crippen LogP contribution in [-0.2, 0) is 0 Å². The molecule has 0 aliphatic carbocycles. The van der Waals surface area contributed by atoms with Crippen molar-refractivity contribution in [2.45, 2.75) is 27.7 Å². The van der Waals surface area contributed by atoms with E-state index in [9.17, 15) is 9.59 Å².